The number of hydrogen-bond donors (Lipinski definition) is 2. The first-order valence-electron chi connectivity index (χ1n) is 9.27. The summed E-state index contributed by atoms with van der Waals surface area (Å²) in [6, 6.07) is 13.4. The molecule has 2 N–H and O–H groups in total. The first-order valence-corrected chi connectivity index (χ1v) is 9.27. The van der Waals surface area contributed by atoms with Crippen molar-refractivity contribution in [2.75, 3.05) is 6.79 Å². The number of aromatic nitrogens is 4. The Morgan fingerprint density at radius 1 is 1.21 bits per heavy atom. The highest BCUT2D eigenvalue weighted by Crippen LogP contribution is 2.32. The molecule has 8 nitrogen and oxygen atoms in total. The van der Waals surface area contributed by atoms with Crippen molar-refractivity contribution in [1.29, 1.82) is 0 Å². The Kier molecular flexibility index (Phi) is 3.97. The molecule has 1 aliphatic heterocycles. The van der Waals surface area contributed by atoms with Gasteiger partial charge in [-0.15, -0.1) is 0 Å². The Morgan fingerprint density at radius 3 is 2.90 bits per heavy atom. The lowest BCUT2D eigenvalue weighted by Crippen LogP contribution is -2.20. The predicted molar refractivity (Wildman–Crippen MR) is 109 cm³/mol. The highest BCUT2D eigenvalue weighted by Gasteiger charge is 2.17. The zero-order valence-corrected chi connectivity index (χ0v) is 16.0. The molecule has 5 rings (SSSR count). The minimum absolute atomic E-state index is 0.187. The van der Waals surface area contributed by atoms with Crippen LogP contribution in [-0.2, 0) is 6.54 Å². The van der Waals surface area contributed by atoms with E-state index in [9.17, 15) is 4.79 Å². The number of H-pyrrole nitrogens is 2. The summed E-state index contributed by atoms with van der Waals surface area (Å²) < 4.78 is 12.2. The van der Waals surface area contributed by atoms with Gasteiger partial charge in [0.25, 0.3) is 5.56 Å². The van der Waals surface area contributed by atoms with E-state index in [1.165, 1.54) is 4.68 Å². The fraction of sp³-hybridized carbons (Fsp3) is 0.190. The Morgan fingerprint density at radius 2 is 2.03 bits per heavy atom. The van der Waals surface area contributed by atoms with Crippen molar-refractivity contribution in [3.8, 4) is 17.4 Å². The number of aromatic amines is 2. The number of aryl methyl sites for hydroxylation is 1. The van der Waals surface area contributed by atoms with Gasteiger partial charge in [-0.05, 0) is 43.7 Å². The first-order chi connectivity index (χ1) is 14.1. The molecule has 1 aliphatic rings. The first kappa shape index (κ1) is 17.3. The van der Waals surface area contributed by atoms with Gasteiger partial charge in [0.05, 0.1) is 23.1 Å². The van der Waals surface area contributed by atoms with Crippen LogP contribution in [0.3, 0.4) is 0 Å². The second-order valence-electron chi connectivity index (χ2n) is 6.92. The van der Waals surface area contributed by atoms with E-state index in [0.29, 0.717) is 23.8 Å². The number of ether oxygens (including phenoxy) is 2. The highest BCUT2D eigenvalue weighted by atomic mass is 16.7. The highest BCUT2D eigenvalue weighted by molar-refractivity contribution is 5.99. The van der Waals surface area contributed by atoms with Crippen LogP contribution in [0.2, 0.25) is 0 Å². The van der Waals surface area contributed by atoms with E-state index in [2.05, 4.69) is 20.1 Å². The van der Waals surface area contributed by atoms with Crippen molar-refractivity contribution >= 4 is 16.7 Å². The van der Waals surface area contributed by atoms with Gasteiger partial charge in [0.1, 0.15) is 0 Å². The number of rotatable bonds is 4. The van der Waals surface area contributed by atoms with Gasteiger partial charge < -0.3 is 14.5 Å². The van der Waals surface area contributed by atoms with Gasteiger partial charge in [0.15, 0.2) is 11.5 Å². The summed E-state index contributed by atoms with van der Waals surface area (Å²) in [5.41, 5.74) is 4.42. The average Bonchev–Trinajstić information content (AvgIpc) is 3.42. The lowest BCUT2D eigenvalue weighted by Gasteiger charge is -2.01. The smallest absolute Gasteiger partial charge is 0.283 e. The summed E-state index contributed by atoms with van der Waals surface area (Å²) >= 11 is 0. The molecular weight excluding hydrogens is 370 g/mol. The number of nitrogens with zero attached hydrogens (tertiary/aromatic N) is 3. The van der Waals surface area contributed by atoms with Crippen LogP contribution in [0, 0.1) is 6.92 Å². The van der Waals surface area contributed by atoms with Crippen LogP contribution in [-0.4, -0.2) is 32.3 Å². The third-order valence-corrected chi connectivity index (χ3v) is 4.96. The van der Waals surface area contributed by atoms with E-state index in [0.717, 1.165) is 33.8 Å². The molecule has 0 saturated carbocycles. The number of benzene rings is 2. The van der Waals surface area contributed by atoms with Crippen LogP contribution in [0.1, 0.15) is 23.7 Å². The Bertz CT molecular complexity index is 1280. The number of hydrogen-bond acceptors (Lipinski definition) is 5. The molecule has 4 aromatic rings. The summed E-state index contributed by atoms with van der Waals surface area (Å²) in [5.74, 6) is 1.92. The third-order valence-electron chi connectivity index (χ3n) is 4.96. The van der Waals surface area contributed by atoms with Gasteiger partial charge in [-0.25, -0.2) is 4.98 Å². The summed E-state index contributed by atoms with van der Waals surface area (Å²) in [4.78, 5) is 25.3. The molecule has 3 heterocycles. The molecule has 146 valence electrons. The average molecular weight is 389 g/mol. The fourth-order valence-corrected chi connectivity index (χ4v) is 3.50. The maximum absolute atomic E-state index is 13.0. The summed E-state index contributed by atoms with van der Waals surface area (Å²) in [6.07, 6.45) is 0. The van der Waals surface area contributed by atoms with Crippen molar-refractivity contribution < 1.29 is 9.47 Å². The number of aliphatic imine (C=N–C) groups is 1. The minimum Gasteiger partial charge on any atom is -0.454 e. The molecule has 8 heteroatoms. The number of nitrogens with one attached hydrogen (secondary N) is 2. The molecule has 2 aromatic heterocycles. The molecule has 0 bridgehead atoms. The van der Waals surface area contributed by atoms with Crippen LogP contribution in [0.5, 0.6) is 11.5 Å². The van der Waals surface area contributed by atoms with Crippen LogP contribution in [0.4, 0.5) is 0 Å². The molecular formula is C21H19N5O3. The Hall–Kier alpha value is -3.81. The second-order valence-corrected chi connectivity index (χ2v) is 6.92. The lowest BCUT2D eigenvalue weighted by atomic mass is 10.1. The van der Waals surface area contributed by atoms with Gasteiger partial charge in [-0.2, -0.15) is 4.68 Å². The van der Waals surface area contributed by atoms with E-state index in [4.69, 9.17) is 9.47 Å². The summed E-state index contributed by atoms with van der Waals surface area (Å²) in [6.45, 7) is 4.38. The molecule has 0 spiro atoms. The van der Waals surface area contributed by atoms with E-state index in [1.807, 2.05) is 56.3 Å². The topological polar surface area (TPSA) is 97.3 Å². The fourth-order valence-electron chi connectivity index (χ4n) is 3.50. The van der Waals surface area contributed by atoms with E-state index < -0.39 is 0 Å². The molecule has 0 amide bonds. The molecule has 0 radical (unpaired) electrons. The van der Waals surface area contributed by atoms with Crippen molar-refractivity contribution in [3.63, 3.8) is 0 Å². The number of para-hydroxylation sites is 2. The monoisotopic (exact) mass is 389 g/mol. The van der Waals surface area contributed by atoms with Crippen molar-refractivity contribution in [2.45, 2.75) is 20.4 Å². The van der Waals surface area contributed by atoms with Gasteiger partial charge in [0, 0.05) is 11.4 Å². The SMILES string of the molecule is CC(=NCc1ccc2c(c1)OCO2)c1c(C)[nH]n(-c2nc3ccccc3[nH]2)c1=O. The number of fused-ring (bicyclic) bond motifs is 2. The summed E-state index contributed by atoms with van der Waals surface area (Å²) in [5, 5.41) is 3.10. The molecule has 0 unspecified atom stereocenters. The van der Waals surface area contributed by atoms with Crippen molar-refractivity contribution in [2.24, 2.45) is 4.99 Å². The third kappa shape index (κ3) is 2.98. The summed E-state index contributed by atoms with van der Waals surface area (Å²) in [7, 11) is 0. The van der Waals surface area contributed by atoms with Gasteiger partial charge in [-0.3, -0.25) is 14.9 Å². The second kappa shape index (κ2) is 6.66. The van der Waals surface area contributed by atoms with Crippen LogP contribution in [0.25, 0.3) is 17.0 Å². The molecule has 0 saturated heterocycles. The van der Waals surface area contributed by atoms with Gasteiger partial charge in [0.2, 0.25) is 12.7 Å². The van der Waals surface area contributed by atoms with Crippen LogP contribution < -0.4 is 15.0 Å². The lowest BCUT2D eigenvalue weighted by molar-refractivity contribution is 0.174. The molecule has 0 fully saturated rings. The maximum atomic E-state index is 13.0. The molecule has 0 atom stereocenters. The minimum atomic E-state index is -0.187. The van der Waals surface area contributed by atoms with E-state index in [1.54, 1.807) is 0 Å². The van der Waals surface area contributed by atoms with Crippen LogP contribution in [0.15, 0.2) is 52.3 Å². The zero-order chi connectivity index (χ0) is 20.0. The molecule has 29 heavy (non-hydrogen) atoms. The van der Waals surface area contributed by atoms with Crippen molar-refractivity contribution in [1.82, 2.24) is 19.7 Å². The quantitative estimate of drug-likeness (QED) is 0.524. The van der Waals surface area contributed by atoms with Crippen molar-refractivity contribution in [3.05, 3.63) is 69.6 Å². The van der Waals surface area contributed by atoms with Gasteiger partial charge in [-0.1, -0.05) is 18.2 Å². The normalized spacial score (nSPS) is 13.4. The van der Waals surface area contributed by atoms with Crippen LogP contribution >= 0.6 is 0 Å². The Labute approximate surface area is 165 Å². The maximum Gasteiger partial charge on any atom is 0.283 e. The number of imidazole rings is 1. The zero-order valence-electron chi connectivity index (χ0n) is 16.0. The molecule has 2 aromatic carbocycles. The Balaban J connectivity index is 1.46. The van der Waals surface area contributed by atoms with E-state index in [-0.39, 0.29) is 12.4 Å². The standard InChI is InChI=1S/C21H19N5O3/c1-12(22-10-14-7-8-17-18(9-14)29-11-28-17)19-13(2)25-26(20(19)27)21-23-15-5-3-4-6-16(15)24-21/h3-9,25H,10-11H2,1-2H3,(H,23,24). The molecule has 0 aliphatic carbocycles. The largest absolute Gasteiger partial charge is 0.454 e. The van der Waals surface area contributed by atoms with E-state index >= 15 is 0 Å². The van der Waals surface area contributed by atoms with Gasteiger partial charge >= 0.3 is 0 Å². The predicted octanol–water partition coefficient (Wildman–Crippen LogP) is 3.09.